The van der Waals surface area contributed by atoms with Gasteiger partial charge in [-0.1, -0.05) is 54.6 Å². The van der Waals surface area contributed by atoms with Gasteiger partial charge in [0.05, 0.1) is 17.2 Å². The number of hydrogen-bond acceptors (Lipinski definition) is 4. The Morgan fingerprint density at radius 3 is 2.24 bits per heavy atom. The van der Waals surface area contributed by atoms with Crippen molar-refractivity contribution >= 4 is 11.9 Å². The number of ether oxygens (including phenoxy) is 1. The zero-order valence-corrected chi connectivity index (χ0v) is 16.0. The van der Waals surface area contributed by atoms with Gasteiger partial charge in [-0.3, -0.25) is 4.79 Å². The van der Waals surface area contributed by atoms with Gasteiger partial charge in [-0.15, -0.1) is 0 Å². The lowest BCUT2D eigenvalue weighted by molar-refractivity contribution is -0.119. The van der Waals surface area contributed by atoms with Gasteiger partial charge in [-0.25, -0.2) is 4.79 Å². The molecule has 0 unspecified atom stereocenters. The minimum atomic E-state index is -0.407. The predicted molar refractivity (Wildman–Crippen MR) is 110 cm³/mol. The maximum atomic E-state index is 12.2. The van der Waals surface area contributed by atoms with Crippen LogP contribution in [-0.4, -0.2) is 11.9 Å². The molecule has 0 spiro atoms. The van der Waals surface area contributed by atoms with Crippen molar-refractivity contribution < 1.29 is 14.3 Å². The van der Waals surface area contributed by atoms with Crippen LogP contribution in [0, 0.1) is 11.3 Å². The van der Waals surface area contributed by atoms with Crippen LogP contribution in [0.25, 0.3) is 11.1 Å². The summed E-state index contributed by atoms with van der Waals surface area (Å²) >= 11 is 0. The van der Waals surface area contributed by atoms with Crippen LogP contribution in [0.2, 0.25) is 0 Å². The standard InChI is InChI=1S/C24H20N2O3/c1-17(27)26-15-18-6-12-21(13-7-18)24(28)29-16-19-8-10-20(11-9-19)23-5-3-2-4-22(23)14-25/h2-13H,15-16H2,1H3,(H,26,27). The van der Waals surface area contributed by atoms with Crippen molar-refractivity contribution in [2.75, 3.05) is 0 Å². The zero-order chi connectivity index (χ0) is 20.6. The van der Waals surface area contributed by atoms with Gasteiger partial charge in [0.25, 0.3) is 0 Å². The molecule has 3 aromatic carbocycles. The minimum absolute atomic E-state index is 0.101. The van der Waals surface area contributed by atoms with Gasteiger partial charge >= 0.3 is 5.97 Å². The third-order valence-electron chi connectivity index (χ3n) is 4.41. The summed E-state index contributed by atoms with van der Waals surface area (Å²) in [4.78, 5) is 23.2. The van der Waals surface area contributed by atoms with Crippen LogP contribution in [0.3, 0.4) is 0 Å². The van der Waals surface area contributed by atoms with E-state index in [1.165, 1.54) is 6.92 Å². The molecular formula is C24H20N2O3. The Hall–Kier alpha value is -3.91. The SMILES string of the molecule is CC(=O)NCc1ccc(C(=O)OCc2ccc(-c3ccccc3C#N)cc2)cc1. The first-order chi connectivity index (χ1) is 14.1. The van der Waals surface area contributed by atoms with Crippen LogP contribution in [-0.2, 0) is 22.7 Å². The number of nitriles is 1. The third-order valence-corrected chi connectivity index (χ3v) is 4.41. The van der Waals surface area contributed by atoms with Gasteiger partial charge in [-0.2, -0.15) is 5.26 Å². The molecule has 3 aromatic rings. The maximum Gasteiger partial charge on any atom is 0.338 e. The minimum Gasteiger partial charge on any atom is -0.457 e. The van der Waals surface area contributed by atoms with Crippen LogP contribution in [0.15, 0.2) is 72.8 Å². The van der Waals surface area contributed by atoms with E-state index in [4.69, 9.17) is 4.74 Å². The fraction of sp³-hybridized carbons (Fsp3) is 0.125. The number of esters is 1. The number of carbonyl (C=O) groups is 2. The number of rotatable bonds is 6. The Bertz CT molecular complexity index is 1050. The molecule has 5 heteroatoms. The second-order valence-electron chi connectivity index (χ2n) is 6.54. The number of nitrogens with one attached hydrogen (secondary N) is 1. The first-order valence-electron chi connectivity index (χ1n) is 9.16. The summed E-state index contributed by atoms with van der Waals surface area (Å²) in [5.74, 6) is -0.509. The molecule has 0 saturated heterocycles. The van der Waals surface area contributed by atoms with E-state index < -0.39 is 5.97 Å². The van der Waals surface area contributed by atoms with Crippen molar-refractivity contribution in [3.8, 4) is 17.2 Å². The predicted octanol–water partition coefficient (Wildman–Crippen LogP) is 4.22. The van der Waals surface area contributed by atoms with E-state index in [2.05, 4.69) is 11.4 Å². The molecule has 0 radical (unpaired) electrons. The summed E-state index contributed by atoms with van der Waals surface area (Å²) in [5, 5.41) is 11.9. The molecule has 5 nitrogen and oxygen atoms in total. The van der Waals surface area contributed by atoms with Crippen LogP contribution in [0.4, 0.5) is 0 Å². The summed E-state index contributed by atoms with van der Waals surface area (Å²) in [6.45, 7) is 2.04. The van der Waals surface area contributed by atoms with Gasteiger partial charge in [0.2, 0.25) is 5.91 Å². The Labute approximate surface area is 169 Å². The highest BCUT2D eigenvalue weighted by molar-refractivity contribution is 5.89. The highest BCUT2D eigenvalue weighted by Gasteiger charge is 2.08. The van der Waals surface area contributed by atoms with Crippen LogP contribution in [0.5, 0.6) is 0 Å². The molecule has 144 valence electrons. The summed E-state index contributed by atoms with van der Waals surface area (Å²) in [6, 6.07) is 24.1. The summed E-state index contributed by atoms with van der Waals surface area (Å²) < 4.78 is 5.38. The fourth-order valence-electron chi connectivity index (χ4n) is 2.83. The number of hydrogen-bond donors (Lipinski definition) is 1. The van der Waals surface area contributed by atoms with Gasteiger partial charge < -0.3 is 10.1 Å². The molecule has 0 fully saturated rings. The number of carbonyl (C=O) groups excluding carboxylic acids is 2. The molecule has 3 rings (SSSR count). The quantitative estimate of drug-likeness (QED) is 0.646. The topological polar surface area (TPSA) is 79.2 Å². The highest BCUT2D eigenvalue weighted by Crippen LogP contribution is 2.23. The molecule has 0 atom stereocenters. The number of benzene rings is 3. The van der Waals surface area contributed by atoms with Crippen molar-refractivity contribution in [3.05, 3.63) is 95.1 Å². The Kier molecular flexibility index (Phi) is 6.39. The highest BCUT2D eigenvalue weighted by atomic mass is 16.5. The molecular weight excluding hydrogens is 364 g/mol. The smallest absolute Gasteiger partial charge is 0.338 e. The second kappa shape index (κ2) is 9.34. The summed E-state index contributed by atoms with van der Waals surface area (Å²) in [7, 11) is 0. The first-order valence-corrected chi connectivity index (χ1v) is 9.16. The molecule has 0 aliphatic carbocycles. The van der Waals surface area contributed by atoms with Crippen LogP contribution in [0.1, 0.15) is 34.0 Å². The van der Waals surface area contributed by atoms with Gasteiger partial charge in [0.15, 0.2) is 0 Å². The molecule has 0 saturated carbocycles. The van der Waals surface area contributed by atoms with Crippen molar-refractivity contribution in [1.29, 1.82) is 5.26 Å². The van der Waals surface area contributed by atoms with Crippen molar-refractivity contribution in [1.82, 2.24) is 5.32 Å². The number of amides is 1. The molecule has 0 aliphatic rings. The first kappa shape index (κ1) is 19.8. The van der Waals surface area contributed by atoms with Gasteiger partial charge in [0.1, 0.15) is 6.61 Å². The average Bonchev–Trinajstić information content (AvgIpc) is 2.76. The lowest BCUT2D eigenvalue weighted by Crippen LogP contribution is -2.18. The van der Waals surface area contributed by atoms with Crippen molar-refractivity contribution in [2.24, 2.45) is 0 Å². The largest absolute Gasteiger partial charge is 0.457 e. The Balaban J connectivity index is 1.59. The number of nitrogens with zero attached hydrogens (tertiary/aromatic N) is 1. The van der Waals surface area contributed by atoms with Crippen molar-refractivity contribution in [3.63, 3.8) is 0 Å². The molecule has 29 heavy (non-hydrogen) atoms. The lowest BCUT2D eigenvalue weighted by Gasteiger charge is -2.08. The van der Waals surface area contributed by atoms with Crippen molar-refractivity contribution in [2.45, 2.75) is 20.1 Å². The average molecular weight is 384 g/mol. The van der Waals surface area contributed by atoms with Gasteiger partial charge in [-0.05, 0) is 40.5 Å². The molecule has 0 aromatic heterocycles. The Morgan fingerprint density at radius 2 is 1.59 bits per heavy atom. The second-order valence-corrected chi connectivity index (χ2v) is 6.54. The van der Waals surface area contributed by atoms with E-state index in [0.717, 1.165) is 22.3 Å². The van der Waals surface area contributed by atoms with Crippen LogP contribution >= 0.6 is 0 Å². The molecule has 1 N–H and O–H groups in total. The Morgan fingerprint density at radius 1 is 0.931 bits per heavy atom. The van der Waals surface area contributed by atoms with E-state index in [-0.39, 0.29) is 12.5 Å². The van der Waals surface area contributed by atoms with E-state index in [1.807, 2.05) is 42.5 Å². The van der Waals surface area contributed by atoms with Gasteiger partial charge in [0, 0.05) is 13.5 Å². The van der Waals surface area contributed by atoms with E-state index in [9.17, 15) is 14.9 Å². The molecule has 1 amide bonds. The summed E-state index contributed by atoms with van der Waals surface area (Å²) in [6.07, 6.45) is 0. The van der Waals surface area contributed by atoms with Crippen LogP contribution < -0.4 is 5.32 Å². The zero-order valence-electron chi connectivity index (χ0n) is 16.0. The molecule has 0 heterocycles. The normalized spacial score (nSPS) is 10.1. The van der Waals surface area contributed by atoms with E-state index in [1.54, 1.807) is 30.3 Å². The van der Waals surface area contributed by atoms with E-state index >= 15 is 0 Å². The molecule has 0 bridgehead atoms. The fourth-order valence-corrected chi connectivity index (χ4v) is 2.83. The van der Waals surface area contributed by atoms with E-state index in [0.29, 0.717) is 17.7 Å². The lowest BCUT2D eigenvalue weighted by atomic mass is 9.99. The molecule has 0 aliphatic heterocycles. The summed E-state index contributed by atoms with van der Waals surface area (Å²) in [5.41, 5.74) is 4.65. The monoisotopic (exact) mass is 384 g/mol. The maximum absolute atomic E-state index is 12.2. The third kappa shape index (κ3) is 5.30.